The zero-order valence-corrected chi connectivity index (χ0v) is 11.3. The van der Waals surface area contributed by atoms with E-state index in [0.717, 1.165) is 5.56 Å². The monoisotopic (exact) mass is 256 g/mol. The Bertz CT molecular complexity index is 483. The highest BCUT2D eigenvalue weighted by atomic mass is 32.2. The Morgan fingerprint density at radius 2 is 1.94 bits per heavy atom. The van der Waals surface area contributed by atoms with Crippen molar-refractivity contribution in [1.82, 2.24) is 5.43 Å². The van der Waals surface area contributed by atoms with Crippen LogP contribution in [0.3, 0.4) is 0 Å². The zero-order valence-electron chi connectivity index (χ0n) is 10.5. The van der Waals surface area contributed by atoms with E-state index in [1.54, 1.807) is 0 Å². The number of benzene rings is 1. The molecular weight excluding hydrogens is 236 g/mol. The highest BCUT2D eigenvalue weighted by molar-refractivity contribution is 7.90. The summed E-state index contributed by atoms with van der Waals surface area (Å²) in [6.45, 7) is 4.09. The van der Waals surface area contributed by atoms with Crippen LogP contribution in [-0.2, 0) is 16.3 Å². The van der Waals surface area contributed by atoms with Gasteiger partial charge in [0.15, 0.2) is 0 Å². The van der Waals surface area contributed by atoms with Gasteiger partial charge >= 0.3 is 0 Å². The molecule has 4 nitrogen and oxygen atoms in total. The van der Waals surface area contributed by atoms with Crippen molar-refractivity contribution in [3.63, 3.8) is 0 Å². The van der Waals surface area contributed by atoms with Crippen LogP contribution in [0.5, 0.6) is 0 Å². The first-order valence-corrected chi connectivity index (χ1v) is 7.58. The van der Waals surface area contributed by atoms with Gasteiger partial charge in [-0.2, -0.15) is 0 Å². The summed E-state index contributed by atoms with van der Waals surface area (Å²) in [6, 6.07) is 5.88. The van der Waals surface area contributed by atoms with E-state index in [9.17, 15) is 8.42 Å². The average molecular weight is 256 g/mol. The van der Waals surface area contributed by atoms with Gasteiger partial charge in [0.25, 0.3) is 0 Å². The van der Waals surface area contributed by atoms with Gasteiger partial charge in [0.05, 0.1) is 5.75 Å². The maximum absolute atomic E-state index is 11.2. The molecule has 0 amide bonds. The van der Waals surface area contributed by atoms with Crippen molar-refractivity contribution in [3.8, 4) is 0 Å². The third-order valence-corrected chi connectivity index (χ3v) is 3.80. The molecule has 17 heavy (non-hydrogen) atoms. The molecule has 0 radical (unpaired) electrons. The van der Waals surface area contributed by atoms with Crippen molar-refractivity contribution in [3.05, 3.63) is 34.9 Å². The lowest BCUT2D eigenvalue weighted by molar-refractivity contribution is 0.546. The van der Waals surface area contributed by atoms with Crippen molar-refractivity contribution in [2.45, 2.75) is 26.3 Å². The fourth-order valence-electron chi connectivity index (χ4n) is 1.75. The van der Waals surface area contributed by atoms with Crippen LogP contribution in [-0.4, -0.2) is 26.5 Å². The summed E-state index contributed by atoms with van der Waals surface area (Å²) in [5, 5.41) is 0. The highest BCUT2D eigenvalue weighted by Crippen LogP contribution is 2.12. The Labute approximate surface area is 103 Å². The number of aryl methyl sites for hydroxylation is 2. The minimum Gasteiger partial charge on any atom is -0.271 e. The molecule has 0 spiro atoms. The van der Waals surface area contributed by atoms with Crippen LogP contribution < -0.4 is 11.3 Å². The van der Waals surface area contributed by atoms with Gasteiger partial charge in [-0.3, -0.25) is 11.3 Å². The van der Waals surface area contributed by atoms with Crippen molar-refractivity contribution < 1.29 is 8.42 Å². The number of nitrogens with one attached hydrogen (secondary N) is 1. The van der Waals surface area contributed by atoms with Crippen LogP contribution in [0, 0.1) is 13.8 Å². The number of nitrogens with two attached hydrogens (primary N) is 1. The summed E-state index contributed by atoms with van der Waals surface area (Å²) in [6.07, 6.45) is 1.84. The Morgan fingerprint density at radius 3 is 2.41 bits per heavy atom. The van der Waals surface area contributed by atoms with Gasteiger partial charge in [-0.25, -0.2) is 8.42 Å². The molecule has 0 bridgehead atoms. The standard InChI is InChI=1S/C12H20N2O2S/c1-9-4-5-11(6-10(9)2)7-12(14-13)8-17(3,15)16/h4-6,12,14H,7-8,13H2,1-3H3. The van der Waals surface area contributed by atoms with E-state index >= 15 is 0 Å². The predicted molar refractivity (Wildman–Crippen MR) is 70.4 cm³/mol. The van der Waals surface area contributed by atoms with Crippen LogP contribution in [0.2, 0.25) is 0 Å². The number of sulfone groups is 1. The molecule has 0 aliphatic carbocycles. The molecule has 0 aliphatic rings. The smallest absolute Gasteiger partial charge is 0.149 e. The number of rotatable bonds is 5. The van der Waals surface area contributed by atoms with E-state index in [-0.39, 0.29) is 11.8 Å². The van der Waals surface area contributed by atoms with Gasteiger partial charge in [0, 0.05) is 12.3 Å². The molecule has 96 valence electrons. The first-order chi connectivity index (χ1) is 7.81. The minimum absolute atomic E-state index is 0.0520. The first-order valence-electron chi connectivity index (χ1n) is 5.52. The Morgan fingerprint density at radius 1 is 1.29 bits per heavy atom. The second-order valence-electron chi connectivity index (χ2n) is 4.58. The van der Waals surface area contributed by atoms with E-state index in [2.05, 4.69) is 11.5 Å². The van der Waals surface area contributed by atoms with E-state index < -0.39 is 9.84 Å². The molecule has 1 aromatic carbocycles. The third-order valence-electron chi connectivity index (χ3n) is 2.79. The van der Waals surface area contributed by atoms with E-state index in [1.807, 2.05) is 26.0 Å². The van der Waals surface area contributed by atoms with Gasteiger partial charge in [0.1, 0.15) is 9.84 Å². The predicted octanol–water partition coefficient (Wildman–Crippen LogP) is 0.722. The van der Waals surface area contributed by atoms with Gasteiger partial charge in [-0.15, -0.1) is 0 Å². The summed E-state index contributed by atoms with van der Waals surface area (Å²) in [5.74, 6) is 5.43. The molecule has 5 heteroatoms. The lowest BCUT2D eigenvalue weighted by Gasteiger charge is -2.15. The van der Waals surface area contributed by atoms with Crippen molar-refractivity contribution in [1.29, 1.82) is 0 Å². The summed E-state index contributed by atoms with van der Waals surface area (Å²) < 4.78 is 22.4. The first kappa shape index (κ1) is 14.2. The molecule has 0 aliphatic heterocycles. The number of hydrazine groups is 1. The molecule has 1 aromatic rings. The Balaban J connectivity index is 2.77. The quantitative estimate of drug-likeness (QED) is 0.601. The largest absolute Gasteiger partial charge is 0.271 e. The van der Waals surface area contributed by atoms with Crippen molar-refractivity contribution in [2.75, 3.05) is 12.0 Å². The van der Waals surface area contributed by atoms with Crippen LogP contribution in [0.25, 0.3) is 0 Å². The Hall–Kier alpha value is -0.910. The van der Waals surface area contributed by atoms with Crippen LogP contribution in [0.1, 0.15) is 16.7 Å². The maximum Gasteiger partial charge on any atom is 0.149 e. The lowest BCUT2D eigenvalue weighted by Crippen LogP contribution is -2.41. The van der Waals surface area contributed by atoms with Gasteiger partial charge in [-0.05, 0) is 37.0 Å². The SMILES string of the molecule is Cc1ccc(CC(CS(C)(=O)=O)NN)cc1C. The van der Waals surface area contributed by atoms with Crippen molar-refractivity contribution in [2.24, 2.45) is 5.84 Å². The second-order valence-corrected chi connectivity index (χ2v) is 6.76. The number of hydrogen-bond acceptors (Lipinski definition) is 4. The molecular formula is C12H20N2O2S. The minimum atomic E-state index is -3.02. The molecule has 0 heterocycles. The van der Waals surface area contributed by atoms with E-state index in [0.29, 0.717) is 6.42 Å². The van der Waals surface area contributed by atoms with Crippen LogP contribution in [0.4, 0.5) is 0 Å². The summed E-state index contributed by atoms with van der Waals surface area (Å²) in [7, 11) is -3.02. The summed E-state index contributed by atoms with van der Waals surface area (Å²) in [4.78, 5) is 0. The summed E-state index contributed by atoms with van der Waals surface area (Å²) in [5.41, 5.74) is 6.10. The Kier molecular flexibility index (Phi) is 4.68. The van der Waals surface area contributed by atoms with E-state index in [4.69, 9.17) is 5.84 Å². The van der Waals surface area contributed by atoms with Gasteiger partial charge in [-0.1, -0.05) is 18.2 Å². The maximum atomic E-state index is 11.2. The topological polar surface area (TPSA) is 72.2 Å². The lowest BCUT2D eigenvalue weighted by atomic mass is 10.0. The van der Waals surface area contributed by atoms with Gasteiger partial charge < -0.3 is 0 Å². The fraction of sp³-hybridized carbons (Fsp3) is 0.500. The molecule has 3 N–H and O–H groups in total. The van der Waals surface area contributed by atoms with Gasteiger partial charge in [0.2, 0.25) is 0 Å². The molecule has 0 saturated carbocycles. The third kappa shape index (κ3) is 4.85. The second kappa shape index (κ2) is 5.62. The highest BCUT2D eigenvalue weighted by Gasteiger charge is 2.14. The average Bonchev–Trinajstić information content (AvgIpc) is 2.20. The van der Waals surface area contributed by atoms with Crippen molar-refractivity contribution >= 4 is 9.84 Å². The molecule has 0 saturated heterocycles. The summed E-state index contributed by atoms with van der Waals surface area (Å²) >= 11 is 0. The molecule has 1 atom stereocenters. The molecule has 1 unspecified atom stereocenters. The zero-order chi connectivity index (χ0) is 13.1. The molecule has 1 rings (SSSR count). The van der Waals surface area contributed by atoms with Crippen LogP contribution in [0.15, 0.2) is 18.2 Å². The normalized spacial score (nSPS) is 13.6. The van der Waals surface area contributed by atoms with Crippen LogP contribution >= 0.6 is 0 Å². The number of hydrogen-bond donors (Lipinski definition) is 2. The molecule has 0 aromatic heterocycles. The fourth-order valence-corrected chi connectivity index (χ4v) is 2.69. The van der Waals surface area contributed by atoms with E-state index in [1.165, 1.54) is 17.4 Å². The molecule has 0 fully saturated rings.